The Morgan fingerprint density at radius 2 is 0.419 bits per heavy atom. The molecule has 26 rings (SSSR count). The molecule has 0 spiro atoms. The van der Waals surface area contributed by atoms with Crippen molar-refractivity contribution < 1.29 is 8.83 Å². The molecule has 0 saturated heterocycles. The van der Waals surface area contributed by atoms with E-state index >= 15 is 0 Å². The average molecular weight is 1740 g/mol. The minimum absolute atomic E-state index is 0.581. The second kappa shape index (κ2) is 34.2. The Balaban J connectivity index is 0.000000145. The van der Waals surface area contributed by atoms with Crippen LogP contribution in [-0.4, -0.2) is 39.0 Å². The first-order valence-corrected chi connectivity index (χ1v) is 45.8. The van der Waals surface area contributed by atoms with Gasteiger partial charge < -0.3 is 18.0 Å². The van der Waals surface area contributed by atoms with Crippen LogP contribution in [0.1, 0.15) is 0 Å². The molecule has 0 amide bonds. The molecule has 10 heteroatoms. The smallest absolute Gasteiger partial charge is 0.164 e. The van der Waals surface area contributed by atoms with Crippen LogP contribution < -0.4 is 0 Å². The van der Waals surface area contributed by atoms with E-state index in [0.29, 0.717) is 34.9 Å². The van der Waals surface area contributed by atoms with Crippen molar-refractivity contribution in [3.63, 3.8) is 0 Å². The van der Waals surface area contributed by atoms with Crippen molar-refractivity contribution in [2.75, 3.05) is 0 Å². The highest BCUT2D eigenvalue weighted by Gasteiger charge is 2.27. The van der Waals surface area contributed by atoms with Gasteiger partial charge in [-0.3, -0.25) is 0 Å². The van der Waals surface area contributed by atoms with Gasteiger partial charge in [-0.2, -0.15) is 0 Å². The number of benzene rings is 20. The Hall–Kier alpha value is -18.4. The second-order valence-electron chi connectivity index (χ2n) is 34.3. The number of fused-ring (bicyclic) bond motifs is 14. The highest BCUT2D eigenvalue weighted by atomic mass is 16.3. The third-order valence-electron chi connectivity index (χ3n) is 26.1. The molecule has 636 valence electrons. The van der Waals surface area contributed by atoms with E-state index in [1.807, 2.05) is 72.8 Å². The molecule has 20 aromatic carbocycles. The van der Waals surface area contributed by atoms with Crippen molar-refractivity contribution in [3.8, 4) is 169 Å². The molecule has 0 radical (unpaired) electrons. The van der Waals surface area contributed by atoms with Gasteiger partial charge in [-0.05, 0) is 222 Å². The van der Waals surface area contributed by atoms with Crippen LogP contribution in [0.3, 0.4) is 0 Å². The fourth-order valence-corrected chi connectivity index (χ4v) is 19.7. The summed E-state index contributed by atoms with van der Waals surface area (Å²) in [6.07, 6.45) is 0. The molecule has 6 aromatic heterocycles. The summed E-state index contributed by atoms with van der Waals surface area (Å²) in [6, 6.07) is 170. The van der Waals surface area contributed by atoms with Crippen molar-refractivity contribution in [2.45, 2.75) is 0 Å². The molecule has 0 atom stereocenters. The van der Waals surface area contributed by atoms with E-state index < -0.39 is 0 Å². The Morgan fingerprint density at radius 1 is 0.140 bits per heavy atom. The summed E-state index contributed by atoms with van der Waals surface area (Å²) in [5.74, 6) is 3.59. The highest BCUT2D eigenvalue weighted by Crippen LogP contribution is 2.49. The third kappa shape index (κ3) is 14.7. The summed E-state index contributed by atoms with van der Waals surface area (Å²) in [6.45, 7) is 0. The SMILES string of the molecule is c1ccc(-c2cc(-c3ccccc3)cc(-c3ccc(-c4ccc5c(c4)oc4ccc6c(c7ccccc7n6-c6ccccc6)c45)c(-c4nc(-c5ccccc5)nc(-c5ccccc5)n4)c3)c2)cc1.c1ccc(-c2cc(-c3ccccc3)cc(-c3ccc(-c4ccc5oc6ccc7c(c8ccccc8n7-c7ccccc7)c6c5c4)c(-c4nc(-c5ccccc5)nc(-c5ccccc5)n4)c3)c2)cc1. The molecular weight excluding hydrogens is 1660 g/mol. The van der Waals surface area contributed by atoms with E-state index in [0.717, 1.165) is 200 Å². The minimum atomic E-state index is 0.581. The Morgan fingerprint density at radius 3 is 0.787 bits per heavy atom. The summed E-state index contributed by atoms with van der Waals surface area (Å²) in [4.78, 5) is 31.4. The first-order chi connectivity index (χ1) is 67.4. The molecule has 0 aliphatic heterocycles. The summed E-state index contributed by atoms with van der Waals surface area (Å²) < 4.78 is 18.2. The lowest BCUT2D eigenvalue weighted by Gasteiger charge is -2.16. The van der Waals surface area contributed by atoms with Crippen molar-refractivity contribution in [2.24, 2.45) is 0 Å². The van der Waals surface area contributed by atoms with E-state index in [2.05, 4.69) is 422 Å². The normalized spacial score (nSPS) is 11.5. The van der Waals surface area contributed by atoms with Gasteiger partial charge in [-0.1, -0.05) is 352 Å². The summed E-state index contributed by atoms with van der Waals surface area (Å²) in [7, 11) is 0. The fraction of sp³-hybridized carbons (Fsp3) is 0. The van der Waals surface area contributed by atoms with Crippen LogP contribution in [0.2, 0.25) is 0 Å². The van der Waals surface area contributed by atoms with Gasteiger partial charge in [-0.15, -0.1) is 0 Å². The van der Waals surface area contributed by atoms with Gasteiger partial charge in [0.25, 0.3) is 0 Å². The van der Waals surface area contributed by atoms with Gasteiger partial charge in [-0.25, -0.2) is 29.9 Å². The zero-order chi connectivity index (χ0) is 89.9. The molecule has 6 heterocycles. The zero-order valence-corrected chi connectivity index (χ0v) is 73.6. The van der Waals surface area contributed by atoms with Gasteiger partial charge in [0.05, 0.1) is 22.1 Å². The maximum Gasteiger partial charge on any atom is 0.164 e. The van der Waals surface area contributed by atoms with Crippen molar-refractivity contribution >= 4 is 87.5 Å². The fourth-order valence-electron chi connectivity index (χ4n) is 19.7. The number of hydrogen-bond donors (Lipinski definition) is 0. The Bertz CT molecular complexity index is 8810. The van der Waals surface area contributed by atoms with Crippen LogP contribution in [0.25, 0.3) is 256 Å². The number of aromatic nitrogens is 8. The first-order valence-electron chi connectivity index (χ1n) is 45.8. The lowest BCUT2D eigenvalue weighted by Crippen LogP contribution is -2.01. The highest BCUT2D eigenvalue weighted by molar-refractivity contribution is 6.29. The van der Waals surface area contributed by atoms with Gasteiger partial charge in [0.2, 0.25) is 0 Å². The van der Waals surface area contributed by atoms with Gasteiger partial charge in [0.15, 0.2) is 34.9 Å². The van der Waals surface area contributed by atoms with E-state index in [1.165, 1.54) is 21.5 Å². The van der Waals surface area contributed by atoms with E-state index in [4.69, 9.17) is 38.7 Å². The molecule has 0 aliphatic rings. The van der Waals surface area contributed by atoms with Crippen LogP contribution in [0.5, 0.6) is 0 Å². The molecule has 0 fully saturated rings. The van der Waals surface area contributed by atoms with Crippen LogP contribution in [0.15, 0.2) is 494 Å². The largest absolute Gasteiger partial charge is 0.456 e. The van der Waals surface area contributed by atoms with Crippen LogP contribution in [0, 0.1) is 0 Å². The standard InChI is InChI=1S/2C63H40N4O/c1-6-18-41(19-7-1)47-36-48(42-20-8-2-9-21-42)38-49(37-47)45-30-32-51(53(39-45)63-65-61(43-22-10-3-11-23-43)64-62(66-63)44-24-12-4-13-25-44)46-31-34-57-54(40-46)60-58(68-57)35-33-56-59(60)52-28-16-17-29-55(52)67(56)50-26-14-5-15-27-50;1-6-18-41(19-7-1)47-36-48(42-20-8-2-9-21-42)38-49(37-47)45-30-32-51(54(39-45)63-65-61(43-22-10-3-11-23-43)64-62(66-63)44-24-12-4-13-25-44)46-31-33-53-58(40-46)68-57-35-34-56-59(60(53)57)52-28-16-17-29-55(52)67(56)50-26-14-5-15-27-50/h2*1-40H. The van der Waals surface area contributed by atoms with E-state index in [1.54, 1.807) is 0 Å². The summed E-state index contributed by atoms with van der Waals surface area (Å²) in [5.41, 5.74) is 33.0. The Labute approximate surface area is 784 Å². The predicted molar refractivity (Wildman–Crippen MR) is 559 cm³/mol. The summed E-state index contributed by atoms with van der Waals surface area (Å²) in [5, 5.41) is 9.01. The number of nitrogens with zero attached hydrogens (tertiary/aromatic N) is 8. The molecule has 0 saturated carbocycles. The molecule has 0 aliphatic carbocycles. The Kier molecular flexibility index (Phi) is 20.0. The van der Waals surface area contributed by atoms with Crippen molar-refractivity contribution in [3.05, 3.63) is 485 Å². The molecule has 10 nitrogen and oxygen atoms in total. The number of furan rings is 2. The predicted octanol–water partition coefficient (Wildman–Crippen LogP) is 33.1. The molecule has 26 aromatic rings. The lowest BCUT2D eigenvalue weighted by molar-refractivity contribution is 0.669. The van der Waals surface area contributed by atoms with Gasteiger partial charge in [0, 0.05) is 87.8 Å². The van der Waals surface area contributed by atoms with E-state index in [9.17, 15) is 0 Å². The van der Waals surface area contributed by atoms with Gasteiger partial charge in [0.1, 0.15) is 22.3 Å². The molecule has 0 N–H and O–H groups in total. The van der Waals surface area contributed by atoms with Crippen LogP contribution in [-0.2, 0) is 0 Å². The molecule has 0 unspecified atom stereocenters. The maximum absolute atomic E-state index is 6.84. The van der Waals surface area contributed by atoms with Crippen LogP contribution in [0.4, 0.5) is 0 Å². The van der Waals surface area contributed by atoms with Crippen molar-refractivity contribution in [1.82, 2.24) is 39.0 Å². The average Bonchev–Trinajstić information content (AvgIpc) is 1.56. The van der Waals surface area contributed by atoms with Crippen LogP contribution >= 0.6 is 0 Å². The maximum atomic E-state index is 6.84. The molecule has 0 bridgehead atoms. The number of para-hydroxylation sites is 4. The second-order valence-corrected chi connectivity index (χ2v) is 34.3. The minimum Gasteiger partial charge on any atom is -0.456 e. The van der Waals surface area contributed by atoms with Crippen molar-refractivity contribution in [1.29, 1.82) is 0 Å². The topological polar surface area (TPSA) is 113 Å². The molecular formula is C126H80N8O2. The summed E-state index contributed by atoms with van der Waals surface area (Å²) >= 11 is 0. The van der Waals surface area contributed by atoms with E-state index in [-0.39, 0.29) is 0 Å². The third-order valence-corrected chi connectivity index (χ3v) is 26.1. The monoisotopic (exact) mass is 1740 g/mol. The quantitative estimate of drug-likeness (QED) is 0.0940. The van der Waals surface area contributed by atoms with Gasteiger partial charge >= 0.3 is 0 Å². The first kappa shape index (κ1) is 79.8. The lowest BCUT2D eigenvalue weighted by atomic mass is 9.90. The number of rotatable bonds is 16. The number of hydrogen-bond acceptors (Lipinski definition) is 8. The molecule has 136 heavy (non-hydrogen) atoms. The zero-order valence-electron chi connectivity index (χ0n) is 73.6.